The number of aliphatic imine (C=N–C) groups is 1. The number of nitrogens with zero attached hydrogens (tertiary/aromatic N) is 5. The van der Waals surface area contributed by atoms with E-state index in [9.17, 15) is 0 Å². The van der Waals surface area contributed by atoms with Crippen molar-refractivity contribution in [2.45, 2.75) is 63.8 Å². The number of ether oxygens (including phenoxy) is 3. The predicted octanol–water partition coefficient (Wildman–Crippen LogP) is 4.56. The Hall–Kier alpha value is -1.12. The number of fused-ring (bicyclic) bond motifs is 1. The van der Waals surface area contributed by atoms with Crippen LogP contribution in [0, 0.1) is 3.57 Å². The molecule has 0 aromatic carbocycles. The van der Waals surface area contributed by atoms with Crippen molar-refractivity contribution in [3.63, 3.8) is 0 Å². The summed E-state index contributed by atoms with van der Waals surface area (Å²) in [5, 5.41) is 1.04. The third-order valence-electron chi connectivity index (χ3n) is 6.26. The molecule has 1 saturated heterocycles. The van der Waals surface area contributed by atoms with Crippen molar-refractivity contribution in [1.29, 1.82) is 0 Å². The van der Waals surface area contributed by atoms with Crippen LogP contribution in [0.25, 0.3) is 11.0 Å². The average molecular weight is 590 g/mol. The molecule has 9 nitrogen and oxygen atoms in total. The van der Waals surface area contributed by atoms with Crippen molar-refractivity contribution in [2.24, 2.45) is 4.99 Å². The Labute approximate surface area is 211 Å². The molecule has 0 saturated carbocycles. The van der Waals surface area contributed by atoms with Crippen LogP contribution >= 0.6 is 22.6 Å². The number of rotatable bonds is 9. The fourth-order valence-electron chi connectivity index (χ4n) is 3.37. The van der Waals surface area contributed by atoms with E-state index in [4.69, 9.17) is 18.6 Å². The highest BCUT2D eigenvalue weighted by Crippen LogP contribution is 2.39. The topological polar surface area (TPSA) is 83.2 Å². The highest BCUT2D eigenvalue weighted by atomic mass is 127. The first-order chi connectivity index (χ1) is 15.4. The molecule has 3 atom stereocenters. The lowest BCUT2D eigenvalue weighted by Crippen LogP contribution is -2.44. The van der Waals surface area contributed by atoms with Gasteiger partial charge in [-0.15, -0.1) is 0 Å². The first-order valence-electron chi connectivity index (χ1n) is 11.1. The summed E-state index contributed by atoms with van der Waals surface area (Å²) in [6.07, 6.45) is 5.45. The molecule has 3 heterocycles. The summed E-state index contributed by atoms with van der Waals surface area (Å²) in [7, 11) is 3.57. The lowest BCUT2D eigenvalue weighted by molar-refractivity contribution is -0.106. The van der Waals surface area contributed by atoms with E-state index in [1.807, 2.05) is 25.2 Å². The monoisotopic (exact) mass is 589 g/mol. The Morgan fingerprint density at radius 1 is 1.33 bits per heavy atom. The minimum absolute atomic E-state index is 0.126. The Morgan fingerprint density at radius 2 is 2.06 bits per heavy atom. The highest BCUT2D eigenvalue weighted by Gasteiger charge is 2.42. The third kappa shape index (κ3) is 6.12. The molecule has 2 aromatic rings. The van der Waals surface area contributed by atoms with E-state index < -0.39 is 8.32 Å². The second-order valence-electron chi connectivity index (χ2n) is 10.0. The Bertz CT molecular complexity index is 976. The molecule has 3 rings (SSSR count). The summed E-state index contributed by atoms with van der Waals surface area (Å²) in [4.78, 5) is 15.3. The molecule has 0 spiro atoms. The predicted molar refractivity (Wildman–Crippen MR) is 141 cm³/mol. The molecule has 1 aliphatic rings. The zero-order chi connectivity index (χ0) is 24.4. The van der Waals surface area contributed by atoms with Crippen molar-refractivity contribution in [3.8, 4) is 0 Å². The van der Waals surface area contributed by atoms with Gasteiger partial charge in [0.2, 0.25) is 0 Å². The summed E-state index contributed by atoms with van der Waals surface area (Å²) < 4.78 is 27.2. The standard InChI is InChI=1S/C22H36IN5O4Si/c1-22(2,3)33(7,8)31-11-17-16(30-14-29-6)9-18(32-17)28-10-15(23)19-20(26-13-27(4)5)24-12-25-21(19)28/h10,12-13,16-18H,9,11,14H2,1-8H3/b26-13+/t16?,17-,18-/m1/s1. The van der Waals surface area contributed by atoms with Crippen molar-refractivity contribution in [3.05, 3.63) is 16.1 Å². The summed E-state index contributed by atoms with van der Waals surface area (Å²) in [6.45, 7) is 11.9. The van der Waals surface area contributed by atoms with Crippen LogP contribution in [0.15, 0.2) is 17.5 Å². The number of hydrogen-bond acceptors (Lipinski definition) is 7. The Balaban J connectivity index is 1.86. The minimum atomic E-state index is -1.92. The smallest absolute Gasteiger partial charge is 0.192 e. The van der Waals surface area contributed by atoms with Gasteiger partial charge in [-0.25, -0.2) is 15.0 Å². The van der Waals surface area contributed by atoms with Gasteiger partial charge in [0.25, 0.3) is 0 Å². The minimum Gasteiger partial charge on any atom is -0.414 e. The van der Waals surface area contributed by atoms with Crippen LogP contribution in [-0.4, -0.2) is 80.9 Å². The maximum absolute atomic E-state index is 6.49. The summed E-state index contributed by atoms with van der Waals surface area (Å²) in [5.74, 6) is 0.639. The maximum atomic E-state index is 6.49. The van der Waals surface area contributed by atoms with Gasteiger partial charge in [-0.05, 0) is 40.7 Å². The van der Waals surface area contributed by atoms with Gasteiger partial charge in [-0.3, -0.25) is 0 Å². The SMILES string of the molecule is COCOC1C[C@H](n2cc(I)c3c(/N=C/N(C)C)ncnc32)O[C@@H]1CO[Si](C)(C)C(C)(C)C. The second-order valence-corrected chi connectivity index (χ2v) is 16.0. The van der Waals surface area contributed by atoms with Gasteiger partial charge < -0.3 is 28.1 Å². The Kier molecular flexibility index (Phi) is 8.54. The molecule has 0 amide bonds. The second kappa shape index (κ2) is 10.6. The first-order valence-corrected chi connectivity index (χ1v) is 15.0. The van der Waals surface area contributed by atoms with E-state index in [1.54, 1.807) is 19.8 Å². The van der Waals surface area contributed by atoms with Gasteiger partial charge in [-0.2, -0.15) is 0 Å². The van der Waals surface area contributed by atoms with Gasteiger partial charge in [0, 0.05) is 37.4 Å². The lowest BCUT2D eigenvalue weighted by Gasteiger charge is -2.37. The van der Waals surface area contributed by atoms with Gasteiger partial charge in [-0.1, -0.05) is 20.8 Å². The zero-order valence-electron chi connectivity index (χ0n) is 20.8. The summed E-state index contributed by atoms with van der Waals surface area (Å²) >= 11 is 2.30. The van der Waals surface area contributed by atoms with Crippen LogP contribution in [0.5, 0.6) is 0 Å². The van der Waals surface area contributed by atoms with E-state index in [2.05, 4.69) is 76.0 Å². The first kappa shape index (κ1) is 26.5. The fourth-order valence-corrected chi connectivity index (χ4v) is 5.17. The fraction of sp³-hybridized carbons (Fsp3) is 0.682. The molecule has 1 aliphatic heterocycles. The van der Waals surface area contributed by atoms with E-state index in [0.29, 0.717) is 18.8 Å². The summed E-state index contributed by atoms with van der Waals surface area (Å²) in [6, 6.07) is 0. The largest absolute Gasteiger partial charge is 0.414 e. The molecule has 11 heteroatoms. The van der Waals surface area contributed by atoms with Crippen LogP contribution in [0.2, 0.25) is 18.1 Å². The van der Waals surface area contributed by atoms with E-state index in [-0.39, 0.29) is 30.3 Å². The third-order valence-corrected chi connectivity index (χ3v) is 11.6. The van der Waals surface area contributed by atoms with E-state index in [0.717, 1.165) is 14.6 Å². The van der Waals surface area contributed by atoms with Crippen LogP contribution in [0.3, 0.4) is 0 Å². The van der Waals surface area contributed by atoms with E-state index >= 15 is 0 Å². The van der Waals surface area contributed by atoms with Crippen molar-refractivity contribution >= 4 is 54.1 Å². The van der Waals surface area contributed by atoms with Crippen molar-refractivity contribution in [1.82, 2.24) is 19.4 Å². The number of aromatic nitrogens is 3. The molecule has 1 unspecified atom stereocenters. The number of hydrogen-bond donors (Lipinski definition) is 0. The van der Waals surface area contributed by atoms with Gasteiger partial charge in [0.05, 0.1) is 24.4 Å². The quantitative estimate of drug-likeness (QED) is 0.140. The molecule has 2 aromatic heterocycles. The molecule has 1 fully saturated rings. The highest BCUT2D eigenvalue weighted by molar-refractivity contribution is 14.1. The normalized spacial score (nSPS) is 22.0. The number of halogens is 1. The van der Waals surface area contributed by atoms with Gasteiger partial charge >= 0.3 is 0 Å². The molecule has 33 heavy (non-hydrogen) atoms. The number of methoxy groups -OCH3 is 1. The van der Waals surface area contributed by atoms with Crippen molar-refractivity contribution < 1.29 is 18.6 Å². The average Bonchev–Trinajstić information content (AvgIpc) is 3.29. The van der Waals surface area contributed by atoms with Crippen LogP contribution < -0.4 is 0 Å². The summed E-state index contributed by atoms with van der Waals surface area (Å²) in [5.41, 5.74) is 0.793. The molecular formula is C22H36IN5O4Si. The van der Waals surface area contributed by atoms with Crippen molar-refractivity contribution in [2.75, 3.05) is 34.6 Å². The molecule has 0 N–H and O–H groups in total. The van der Waals surface area contributed by atoms with Gasteiger partial charge in [0.1, 0.15) is 31.1 Å². The zero-order valence-corrected chi connectivity index (χ0v) is 24.0. The molecular weight excluding hydrogens is 553 g/mol. The lowest BCUT2D eigenvalue weighted by atomic mass is 10.2. The Morgan fingerprint density at radius 3 is 2.70 bits per heavy atom. The molecule has 0 aliphatic carbocycles. The van der Waals surface area contributed by atoms with E-state index in [1.165, 1.54) is 0 Å². The molecule has 0 bridgehead atoms. The molecule has 184 valence electrons. The van der Waals surface area contributed by atoms with Crippen LogP contribution in [-0.2, 0) is 18.6 Å². The maximum Gasteiger partial charge on any atom is 0.192 e. The van der Waals surface area contributed by atoms with Crippen LogP contribution in [0.4, 0.5) is 5.82 Å². The molecule has 0 radical (unpaired) electrons. The van der Waals surface area contributed by atoms with Gasteiger partial charge in [0.15, 0.2) is 14.1 Å². The van der Waals surface area contributed by atoms with Crippen LogP contribution in [0.1, 0.15) is 33.4 Å².